The Morgan fingerprint density at radius 2 is 1.82 bits per heavy atom. The third kappa shape index (κ3) is 4.41. The number of rotatable bonds is 7. The van der Waals surface area contributed by atoms with Crippen LogP contribution in [-0.4, -0.2) is 50.8 Å². The van der Waals surface area contributed by atoms with Crippen LogP contribution in [0, 0.1) is 11.8 Å². The highest BCUT2D eigenvalue weighted by Gasteiger charge is 2.44. The number of hydrogen-bond acceptors (Lipinski definition) is 5. The van der Waals surface area contributed by atoms with E-state index in [-0.39, 0.29) is 29.9 Å². The number of carbonyl (C=O) groups excluding carboxylic acids is 2. The summed E-state index contributed by atoms with van der Waals surface area (Å²) >= 11 is 0. The summed E-state index contributed by atoms with van der Waals surface area (Å²) in [6, 6.07) is 4.47. The second-order valence-electron chi connectivity index (χ2n) is 7.86. The van der Waals surface area contributed by atoms with Gasteiger partial charge in [-0.05, 0) is 37.3 Å². The summed E-state index contributed by atoms with van der Waals surface area (Å²) in [6.07, 6.45) is 3.24. The normalized spacial score (nSPS) is 24.5. The first-order valence-electron chi connectivity index (χ1n) is 9.88. The molecule has 1 aromatic rings. The van der Waals surface area contributed by atoms with Crippen LogP contribution in [0.1, 0.15) is 43.5 Å². The number of amides is 2. The summed E-state index contributed by atoms with van der Waals surface area (Å²) in [6.45, 7) is 4.66. The van der Waals surface area contributed by atoms with Crippen LogP contribution in [0.3, 0.4) is 0 Å². The molecule has 7 heteroatoms. The van der Waals surface area contributed by atoms with Crippen molar-refractivity contribution < 1.29 is 23.8 Å². The van der Waals surface area contributed by atoms with Crippen molar-refractivity contribution in [2.24, 2.45) is 11.8 Å². The molecule has 1 aromatic carbocycles. The number of methoxy groups -OCH3 is 2. The fourth-order valence-corrected chi connectivity index (χ4v) is 3.93. The molecule has 7 nitrogen and oxygen atoms in total. The molecule has 1 saturated heterocycles. The van der Waals surface area contributed by atoms with E-state index >= 15 is 0 Å². The average molecular weight is 390 g/mol. The highest BCUT2D eigenvalue weighted by Crippen LogP contribution is 2.37. The molecule has 0 bridgehead atoms. The van der Waals surface area contributed by atoms with Gasteiger partial charge in [-0.15, -0.1) is 0 Å². The van der Waals surface area contributed by atoms with E-state index in [2.05, 4.69) is 10.6 Å². The molecule has 1 aliphatic carbocycles. The van der Waals surface area contributed by atoms with E-state index in [1.807, 2.05) is 13.8 Å². The zero-order valence-corrected chi connectivity index (χ0v) is 17.0. The molecule has 1 heterocycles. The zero-order valence-electron chi connectivity index (χ0n) is 17.0. The van der Waals surface area contributed by atoms with E-state index in [1.165, 1.54) is 14.2 Å². The summed E-state index contributed by atoms with van der Waals surface area (Å²) < 4.78 is 16.2. The van der Waals surface area contributed by atoms with Gasteiger partial charge in [0.1, 0.15) is 17.5 Å². The minimum atomic E-state index is -0.617. The lowest BCUT2D eigenvalue weighted by Gasteiger charge is -2.47. The molecule has 0 unspecified atom stereocenters. The lowest BCUT2D eigenvalue weighted by molar-refractivity contribution is -0.134. The Balaban J connectivity index is 1.65. The summed E-state index contributed by atoms with van der Waals surface area (Å²) in [5.41, 5.74) is 0.388. The molecule has 0 radical (unpaired) electrons. The van der Waals surface area contributed by atoms with E-state index < -0.39 is 6.04 Å². The summed E-state index contributed by atoms with van der Waals surface area (Å²) in [5, 5.41) is 5.98. The maximum absolute atomic E-state index is 12.9. The molecular weight excluding hydrogens is 360 g/mol. The van der Waals surface area contributed by atoms with Crippen molar-refractivity contribution in [1.82, 2.24) is 10.6 Å². The van der Waals surface area contributed by atoms with Crippen LogP contribution in [0.4, 0.5) is 0 Å². The van der Waals surface area contributed by atoms with Crippen LogP contribution in [0.25, 0.3) is 0 Å². The van der Waals surface area contributed by atoms with Gasteiger partial charge in [0.15, 0.2) is 0 Å². The van der Waals surface area contributed by atoms with Crippen LogP contribution in [-0.2, 0) is 9.53 Å². The summed E-state index contributed by atoms with van der Waals surface area (Å²) in [5.74, 6) is 0.908. The predicted octanol–water partition coefficient (Wildman–Crippen LogP) is 2.14. The van der Waals surface area contributed by atoms with E-state index in [9.17, 15) is 9.59 Å². The molecule has 1 saturated carbocycles. The van der Waals surface area contributed by atoms with Gasteiger partial charge in [0.2, 0.25) is 5.91 Å². The Kier molecular flexibility index (Phi) is 6.44. The number of ether oxygens (including phenoxy) is 3. The van der Waals surface area contributed by atoms with E-state index in [1.54, 1.807) is 18.2 Å². The van der Waals surface area contributed by atoms with Gasteiger partial charge < -0.3 is 24.8 Å². The molecule has 2 amide bonds. The zero-order chi connectivity index (χ0) is 20.3. The van der Waals surface area contributed by atoms with Gasteiger partial charge in [-0.25, -0.2) is 0 Å². The maximum atomic E-state index is 12.9. The Morgan fingerprint density at radius 3 is 2.39 bits per heavy atom. The van der Waals surface area contributed by atoms with Crippen molar-refractivity contribution in [1.29, 1.82) is 0 Å². The van der Waals surface area contributed by atoms with Crippen molar-refractivity contribution in [3.05, 3.63) is 23.8 Å². The van der Waals surface area contributed by atoms with Crippen molar-refractivity contribution in [3.8, 4) is 11.5 Å². The predicted molar refractivity (Wildman–Crippen MR) is 105 cm³/mol. The fourth-order valence-electron chi connectivity index (χ4n) is 3.93. The topological polar surface area (TPSA) is 85.9 Å². The molecule has 154 valence electrons. The Hall–Kier alpha value is -2.28. The van der Waals surface area contributed by atoms with Crippen LogP contribution in [0.15, 0.2) is 18.2 Å². The molecule has 0 spiro atoms. The molecular formula is C21H30N2O5. The number of hydrogen-bond donors (Lipinski definition) is 2. The van der Waals surface area contributed by atoms with E-state index in [0.29, 0.717) is 23.0 Å². The van der Waals surface area contributed by atoms with Gasteiger partial charge in [-0.2, -0.15) is 0 Å². The number of fused-ring (bicyclic) bond motifs is 1. The number of benzene rings is 1. The smallest absolute Gasteiger partial charge is 0.252 e. The molecule has 2 fully saturated rings. The highest BCUT2D eigenvalue weighted by molar-refractivity contribution is 5.98. The fraction of sp³-hybridized carbons (Fsp3) is 0.619. The third-order valence-corrected chi connectivity index (χ3v) is 5.67. The minimum absolute atomic E-state index is 0.0464. The van der Waals surface area contributed by atoms with Crippen molar-refractivity contribution >= 4 is 11.8 Å². The summed E-state index contributed by atoms with van der Waals surface area (Å²) in [7, 11) is 3.06. The Morgan fingerprint density at radius 1 is 1.14 bits per heavy atom. The SMILES string of the molecule is COc1cc(OC)cc(C(=O)N[C@H](C(=O)N[C@@H]2C[C@H]3OCCC[C@@H]23)C(C)C)c1. The van der Waals surface area contributed by atoms with Gasteiger partial charge in [0.25, 0.3) is 5.91 Å². The van der Waals surface area contributed by atoms with Gasteiger partial charge in [-0.1, -0.05) is 13.8 Å². The quantitative estimate of drug-likeness (QED) is 0.745. The van der Waals surface area contributed by atoms with E-state index in [0.717, 1.165) is 25.9 Å². The lowest BCUT2D eigenvalue weighted by atomic mass is 9.72. The minimum Gasteiger partial charge on any atom is -0.497 e. The van der Waals surface area contributed by atoms with Crippen LogP contribution >= 0.6 is 0 Å². The lowest BCUT2D eigenvalue weighted by Crippen LogP contribution is -2.61. The Labute approximate surface area is 166 Å². The van der Waals surface area contributed by atoms with Gasteiger partial charge in [-0.3, -0.25) is 9.59 Å². The van der Waals surface area contributed by atoms with Crippen LogP contribution < -0.4 is 20.1 Å². The highest BCUT2D eigenvalue weighted by atomic mass is 16.5. The largest absolute Gasteiger partial charge is 0.497 e. The van der Waals surface area contributed by atoms with Crippen LogP contribution in [0.5, 0.6) is 11.5 Å². The molecule has 28 heavy (non-hydrogen) atoms. The van der Waals surface area contributed by atoms with Crippen molar-refractivity contribution in [2.75, 3.05) is 20.8 Å². The maximum Gasteiger partial charge on any atom is 0.252 e. The van der Waals surface area contributed by atoms with Gasteiger partial charge in [0.05, 0.1) is 20.3 Å². The molecule has 3 rings (SSSR count). The molecule has 2 aliphatic rings. The van der Waals surface area contributed by atoms with Crippen molar-refractivity contribution in [3.63, 3.8) is 0 Å². The molecule has 4 atom stereocenters. The van der Waals surface area contributed by atoms with Gasteiger partial charge >= 0.3 is 0 Å². The van der Waals surface area contributed by atoms with Crippen molar-refractivity contribution in [2.45, 2.75) is 51.3 Å². The van der Waals surface area contributed by atoms with E-state index in [4.69, 9.17) is 14.2 Å². The second-order valence-corrected chi connectivity index (χ2v) is 7.86. The molecule has 1 aliphatic heterocycles. The first-order valence-corrected chi connectivity index (χ1v) is 9.88. The summed E-state index contributed by atoms with van der Waals surface area (Å²) in [4.78, 5) is 25.6. The standard InChI is InChI=1S/C21H30N2O5/c1-12(2)19(21(25)22-17-11-18-16(17)6-5-7-28-18)23-20(24)13-8-14(26-3)10-15(9-13)27-4/h8-10,12,16-19H,5-7,11H2,1-4H3,(H,22,25)(H,23,24)/t16-,17+,18+,19-/m0/s1. The third-order valence-electron chi connectivity index (χ3n) is 5.67. The first-order chi connectivity index (χ1) is 13.4. The van der Waals surface area contributed by atoms with Gasteiger partial charge in [0, 0.05) is 30.2 Å². The molecule has 0 aromatic heterocycles. The average Bonchev–Trinajstić information content (AvgIpc) is 2.69. The Bertz CT molecular complexity index is 698. The molecule has 2 N–H and O–H groups in total. The number of carbonyl (C=O) groups is 2. The number of nitrogens with one attached hydrogen (secondary N) is 2. The van der Waals surface area contributed by atoms with Crippen LogP contribution in [0.2, 0.25) is 0 Å². The first kappa shape index (κ1) is 20.5. The second kappa shape index (κ2) is 8.82. The monoisotopic (exact) mass is 390 g/mol.